The number of nitrogens with one attached hydrogen (secondary N) is 1. The number of aromatic nitrogens is 6. The van der Waals surface area contributed by atoms with E-state index in [0.29, 0.717) is 18.7 Å². The van der Waals surface area contributed by atoms with E-state index in [1.807, 2.05) is 23.3 Å². The molecule has 8 nitrogen and oxygen atoms in total. The van der Waals surface area contributed by atoms with Crippen molar-refractivity contribution in [2.45, 2.75) is 51.9 Å². The summed E-state index contributed by atoms with van der Waals surface area (Å²) >= 11 is 0. The van der Waals surface area contributed by atoms with Crippen LogP contribution in [0.1, 0.15) is 64.0 Å². The zero-order valence-corrected chi connectivity index (χ0v) is 15.7. The first kappa shape index (κ1) is 16.4. The Labute approximate surface area is 157 Å². The van der Waals surface area contributed by atoms with Crippen molar-refractivity contribution in [3.05, 3.63) is 40.1 Å². The van der Waals surface area contributed by atoms with E-state index in [9.17, 15) is 4.79 Å². The Balaban J connectivity index is 1.35. The average molecular weight is 365 g/mol. The molecule has 0 aromatic carbocycles. The number of aryl methyl sites for hydroxylation is 4. The number of hydrogen-bond donors (Lipinski definition) is 1. The van der Waals surface area contributed by atoms with Crippen molar-refractivity contribution in [3.8, 4) is 0 Å². The maximum Gasteiger partial charge on any atom is 0.257 e. The normalized spacial score (nSPS) is 17.6. The van der Waals surface area contributed by atoms with Crippen LogP contribution < -0.4 is 0 Å². The van der Waals surface area contributed by atoms with Crippen LogP contribution in [0.15, 0.2) is 6.07 Å². The van der Waals surface area contributed by atoms with Gasteiger partial charge in [-0.15, -0.1) is 10.2 Å². The van der Waals surface area contributed by atoms with Crippen molar-refractivity contribution in [3.63, 3.8) is 0 Å². The molecule has 3 aromatic rings. The number of carbonyl (C=O) groups excluding carboxylic acids is 1. The maximum atomic E-state index is 12.9. The van der Waals surface area contributed by atoms with Gasteiger partial charge in [-0.2, -0.15) is 14.7 Å². The molecule has 0 bridgehead atoms. The summed E-state index contributed by atoms with van der Waals surface area (Å²) in [4.78, 5) is 14.8. The third kappa shape index (κ3) is 2.62. The molecular formula is C19H23N7O. The molecule has 0 radical (unpaired) electrons. The Morgan fingerprint density at radius 3 is 2.74 bits per heavy atom. The zero-order chi connectivity index (χ0) is 18.5. The van der Waals surface area contributed by atoms with Crippen molar-refractivity contribution in [2.24, 2.45) is 0 Å². The number of nitrogens with zero attached hydrogens (tertiary/aromatic N) is 6. The molecule has 2 aliphatic rings. The van der Waals surface area contributed by atoms with E-state index in [1.54, 1.807) is 0 Å². The summed E-state index contributed by atoms with van der Waals surface area (Å²) in [5.41, 5.74) is 5.64. The minimum Gasteiger partial charge on any atom is -0.338 e. The van der Waals surface area contributed by atoms with Crippen molar-refractivity contribution in [1.29, 1.82) is 0 Å². The van der Waals surface area contributed by atoms with Gasteiger partial charge in [-0.25, -0.2) is 0 Å². The molecule has 1 fully saturated rings. The zero-order valence-electron chi connectivity index (χ0n) is 15.7. The third-order valence-corrected chi connectivity index (χ3v) is 5.93. The fourth-order valence-electron chi connectivity index (χ4n) is 4.41. The molecule has 4 heterocycles. The topological polar surface area (TPSA) is 92.1 Å². The summed E-state index contributed by atoms with van der Waals surface area (Å²) < 4.78 is 1.93. The largest absolute Gasteiger partial charge is 0.338 e. The lowest BCUT2D eigenvalue weighted by atomic mass is 9.95. The summed E-state index contributed by atoms with van der Waals surface area (Å²) in [6.45, 7) is 5.20. The van der Waals surface area contributed by atoms with Crippen LogP contribution in [-0.4, -0.2) is 53.9 Å². The first-order valence-corrected chi connectivity index (χ1v) is 9.67. The molecule has 8 heteroatoms. The number of hydrogen-bond acceptors (Lipinski definition) is 5. The van der Waals surface area contributed by atoms with E-state index in [2.05, 4.69) is 26.5 Å². The van der Waals surface area contributed by atoms with Crippen LogP contribution >= 0.6 is 0 Å². The van der Waals surface area contributed by atoms with Crippen LogP contribution in [0.5, 0.6) is 0 Å². The van der Waals surface area contributed by atoms with E-state index < -0.39 is 0 Å². The molecule has 3 aromatic heterocycles. The number of likely N-dealkylation sites (tertiary alicyclic amines) is 1. The lowest BCUT2D eigenvalue weighted by Crippen LogP contribution is -2.38. The number of rotatable bonds is 2. The van der Waals surface area contributed by atoms with Gasteiger partial charge in [0.2, 0.25) is 0 Å². The Bertz CT molecular complexity index is 1010. The minimum atomic E-state index is 0.0687. The molecule has 1 aliphatic heterocycles. The molecular weight excluding hydrogens is 342 g/mol. The first-order valence-electron chi connectivity index (χ1n) is 9.67. The second-order valence-electron chi connectivity index (χ2n) is 7.67. The number of fused-ring (bicyclic) bond motifs is 2. The quantitative estimate of drug-likeness (QED) is 0.750. The van der Waals surface area contributed by atoms with E-state index in [1.165, 1.54) is 17.7 Å². The van der Waals surface area contributed by atoms with Gasteiger partial charge in [0.1, 0.15) is 0 Å². The van der Waals surface area contributed by atoms with Gasteiger partial charge in [-0.1, -0.05) is 0 Å². The highest BCUT2D eigenvalue weighted by atomic mass is 16.2. The number of amides is 1. The summed E-state index contributed by atoms with van der Waals surface area (Å²) in [7, 11) is 0. The van der Waals surface area contributed by atoms with Gasteiger partial charge in [0.05, 0.1) is 17.0 Å². The summed E-state index contributed by atoms with van der Waals surface area (Å²) in [5, 5.41) is 20.6. The third-order valence-electron chi connectivity index (χ3n) is 5.93. The Morgan fingerprint density at radius 2 is 2.00 bits per heavy atom. The van der Waals surface area contributed by atoms with Gasteiger partial charge in [-0.3, -0.25) is 9.89 Å². The first-order chi connectivity index (χ1) is 13.1. The van der Waals surface area contributed by atoms with Crippen LogP contribution in [0, 0.1) is 13.8 Å². The van der Waals surface area contributed by atoms with Gasteiger partial charge in [0.15, 0.2) is 11.5 Å². The highest BCUT2D eigenvalue weighted by molar-refractivity contribution is 5.96. The summed E-state index contributed by atoms with van der Waals surface area (Å²) in [6.07, 6.45) is 5.06. The number of aromatic amines is 1. The molecule has 1 N–H and O–H groups in total. The smallest absolute Gasteiger partial charge is 0.257 e. The van der Waals surface area contributed by atoms with Gasteiger partial charge in [-0.05, 0) is 57.6 Å². The Hall–Kier alpha value is -2.77. The van der Waals surface area contributed by atoms with Gasteiger partial charge in [0, 0.05) is 24.7 Å². The maximum absolute atomic E-state index is 12.9. The Kier molecular flexibility index (Phi) is 3.73. The highest BCUT2D eigenvalue weighted by Gasteiger charge is 2.30. The second-order valence-corrected chi connectivity index (χ2v) is 7.67. The number of H-pyrrole nitrogens is 1. The van der Waals surface area contributed by atoms with Crippen molar-refractivity contribution in [2.75, 3.05) is 13.1 Å². The fourth-order valence-corrected chi connectivity index (χ4v) is 4.41. The van der Waals surface area contributed by atoms with Crippen LogP contribution in [0.4, 0.5) is 0 Å². The minimum absolute atomic E-state index is 0.0687. The molecule has 1 amide bonds. The van der Waals surface area contributed by atoms with E-state index in [0.717, 1.165) is 48.5 Å². The summed E-state index contributed by atoms with van der Waals surface area (Å²) in [6, 6.07) is 2.13. The molecule has 0 atom stereocenters. The molecule has 1 aliphatic carbocycles. The van der Waals surface area contributed by atoms with E-state index in [-0.39, 0.29) is 11.8 Å². The molecule has 0 unspecified atom stereocenters. The van der Waals surface area contributed by atoms with E-state index in [4.69, 9.17) is 5.10 Å². The van der Waals surface area contributed by atoms with Crippen LogP contribution in [0.25, 0.3) is 5.65 Å². The monoisotopic (exact) mass is 365 g/mol. The lowest BCUT2D eigenvalue weighted by Gasteiger charge is -2.31. The summed E-state index contributed by atoms with van der Waals surface area (Å²) in [5.74, 6) is 1.28. The van der Waals surface area contributed by atoms with Crippen molar-refractivity contribution < 1.29 is 4.79 Å². The highest BCUT2D eigenvalue weighted by Crippen LogP contribution is 2.29. The van der Waals surface area contributed by atoms with Crippen LogP contribution in [0.3, 0.4) is 0 Å². The lowest BCUT2D eigenvalue weighted by molar-refractivity contribution is 0.0709. The van der Waals surface area contributed by atoms with E-state index >= 15 is 0 Å². The molecule has 27 heavy (non-hydrogen) atoms. The van der Waals surface area contributed by atoms with Crippen molar-refractivity contribution >= 4 is 11.6 Å². The molecule has 5 rings (SSSR count). The second kappa shape index (κ2) is 6.14. The standard InChI is InChI=1S/C19H23N7O/c1-11-17(12(2)21-20-11)19(27)25-8-6-13(7-9-25)18-23-22-16-10-14-4-3-5-15(14)24-26(16)18/h10,13H,3-9H2,1-2H3,(H,20,21). The molecule has 0 spiro atoms. The van der Waals surface area contributed by atoms with Gasteiger partial charge in [0.25, 0.3) is 5.91 Å². The van der Waals surface area contributed by atoms with Gasteiger partial charge < -0.3 is 4.90 Å². The predicted octanol–water partition coefficient (Wildman–Crippen LogP) is 1.97. The van der Waals surface area contributed by atoms with Crippen LogP contribution in [-0.2, 0) is 12.8 Å². The molecule has 0 saturated carbocycles. The average Bonchev–Trinajstić information content (AvgIpc) is 3.38. The number of carbonyl (C=O) groups is 1. The molecule has 140 valence electrons. The number of piperidine rings is 1. The fraction of sp³-hybridized carbons (Fsp3) is 0.526. The van der Waals surface area contributed by atoms with Gasteiger partial charge >= 0.3 is 0 Å². The molecule has 1 saturated heterocycles. The Morgan fingerprint density at radius 1 is 1.19 bits per heavy atom. The van der Waals surface area contributed by atoms with Crippen molar-refractivity contribution in [1.82, 2.24) is 34.9 Å². The SMILES string of the molecule is Cc1n[nH]c(C)c1C(=O)N1CCC(c2nnc3cc4c(nn23)CCC4)CC1. The predicted molar refractivity (Wildman–Crippen MR) is 98.7 cm³/mol. The van der Waals surface area contributed by atoms with Crippen LogP contribution in [0.2, 0.25) is 0 Å².